The number of piperazine rings is 1. The molecule has 0 saturated carbocycles. The Labute approximate surface area is 135 Å². The minimum Gasteiger partial charge on any atom is -0.338 e. The maximum absolute atomic E-state index is 12.0. The van der Waals surface area contributed by atoms with Gasteiger partial charge in [0, 0.05) is 51.7 Å². The molecule has 0 aliphatic carbocycles. The molecule has 1 amide bonds. The topological polar surface area (TPSA) is 79.4 Å². The van der Waals surface area contributed by atoms with E-state index in [1.807, 2.05) is 30.9 Å². The Hall–Kier alpha value is -2.19. The Morgan fingerprint density at radius 2 is 2.04 bits per heavy atom. The average Bonchev–Trinajstić information content (AvgIpc) is 3.10. The molecule has 1 fully saturated rings. The van der Waals surface area contributed by atoms with Crippen LogP contribution in [0.5, 0.6) is 0 Å². The summed E-state index contributed by atoms with van der Waals surface area (Å²) in [7, 11) is 2.01. The number of aryl methyl sites for hydroxylation is 2. The van der Waals surface area contributed by atoms with E-state index in [4.69, 9.17) is 4.52 Å². The first-order valence-electron chi connectivity index (χ1n) is 7.74. The lowest BCUT2D eigenvalue weighted by Gasteiger charge is -2.33. The van der Waals surface area contributed by atoms with Crippen LogP contribution < -0.4 is 5.32 Å². The van der Waals surface area contributed by atoms with Crippen molar-refractivity contribution < 1.29 is 9.32 Å². The van der Waals surface area contributed by atoms with Crippen LogP contribution in [0.4, 0.5) is 5.88 Å². The molecule has 124 valence electrons. The summed E-state index contributed by atoms with van der Waals surface area (Å²) in [4.78, 5) is 20.9. The fraction of sp³-hybridized carbons (Fsp3) is 0.533. The summed E-state index contributed by atoms with van der Waals surface area (Å²) in [6, 6.07) is 1.71. The fourth-order valence-corrected chi connectivity index (χ4v) is 2.66. The maximum atomic E-state index is 12.0. The molecule has 1 saturated heterocycles. The van der Waals surface area contributed by atoms with Crippen molar-refractivity contribution in [3.05, 3.63) is 30.0 Å². The summed E-state index contributed by atoms with van der Waals surface area (Å²) in [5.41, 5.74) is 0.753. The van der Waals surface area contributed by atoms with E-state index in [2.05, 4.69) is 25.3 Å². The first kappa shape index (κ1) is 15.7. The van der Waals surface area contributed by atoms with Gasteiger partial charge >= 0.3 is 0 Å². The molecule has 23 heavy (non-hydrogen) atoms. The third-order valence-corrected chi connectivity index (χ3v) is 4.01. The second-order valence-corrected chi connectivity index (χ2v) is 5.89. The number of carbonyl (C=O) groups excluding carboxylic acids is 1. The molecule has 2 aromatic rings. The molecule has 0 aromatic carbocycles. The average molecular weight is 318 g/mol. The smallest absolute Gasteiger partial charge is 0.240 e. The van der Waals surface area contributed by atoms with Crippen LogP contribution in [0.2, 0.25) is 0 Å². The van der Waals surface area contributed by atoms with Gasteiger partial charge in [-0.15, -0.1) is 0 Å². The van der Waals surface area contributed by atoms with Crippen LogP contribution in [0, 0.1) is 6.92 Å². The van der Waals surface area contributed by atoms with Gasteiger partial charge in [-0.1, -0.05) is 5.16 Å². The minimum absolute atomic E-state index is 0.0706. The molecule has 0 radical (unpaired) electrons. The van der Waals surface area contributed by atoms with E-state index in [1.165, 1.54) is 0 Å². The molecule has 3 rings (SSSR count). The Morgan fingerprint density at radius 1 is 1.30 bits per heavy atom. The zero-order valence-electron chi connectivity index (χ0n) is 13.5. The number of carbonyl (C=O) groups is 1. The molecule has 2 aromatic heterocycles. The van der Waals surface area contributed by atoms with Gasteiger partial charge in [0.25, 0.3) is 0 Å². The quantitative estimate of drug-likeness (QED) is 0.863. The summed E-state index contributed by atoms with van der Waals surface area (Å²) in [5.74, 6) is 1.40. The van der Waals surface area contributed by atoms with Crippen LogP contribution in [0.25, 0.3) is 0 Å². The molecule has 0 bridgehead atoms. The Morgan fingerprint density at radius 3 is 2.65 bits per heavy atom. The Bertz CT molecular complexity index is 656. The highest BCUT2D eigenvalue weighted by Gasteiger charge is 2.20. The standard InChI is InChI=1S/C15H22N6O2/c1-12-9-15(23-18-12)17-14(22)11-21-7-5-20(6-8-21)10-13-16-3-4-19(13)2/h3-4,9H,5-8,10-11H2,1-2H3,(H,17,22). The van der Waals surface area contributed by atoms with E-state index in [0.29, 0.717) is 12.4 Å². The molecule has 0 unspecified atom stereocenters. The molecule has 1 N–H and O–H groups in total. The predicted molar refractivity (Wildman–Crippen MR) is 84.8 cm³/mol. The van der Waals surface area contributed by atoms with Crippen molar-refractivity contribution in [2.75, 3.05) is 38.0 Å². The van der Waals surface area contributed by atoms with Crippen molar-refractivity contribution in [1.82, 2.24) is 24.5 Å². The van der Waals surface area contributed by atoms with Gasteiger partial charge in [0.1, 0.15) is 5.82 Å². The van der Waals surface area contributed by atoms with Crippen LogP contribution in [0.15, 0.2) is 23.0 Å². The van der Waals surface area contributed by atoms with Gasteiger partial charge in [0.2, 0.25) is 11.8 Å². The molecule has 3 heterocycles. The monoisotopic (exact) mass is 318 g/mol. The Kier molecular flexibility index (Phi) is 4.73. The van der Waals surface area contributed by atoms with E-state index in [-0.39, 0.29) is 5.91 Å². The van der Waals surface area contributed by atoms with Gasteiger partial charge in [-0.05, 0) is 6.92 Å². The highest BCUT2D eigenvalue weighted by Crippen LogP contribution is 2.09. The molecular formula is C15H22N6O2. The van der Waals surface area contributed by atoms with Gasteiger partial charge in [-0.25, -0.2) is 4.98 Å². The number of hydrogen-bond acceptors (Lipinski definition) is 6. The van der Waals surface area contributed by atoms with E-state index >= 15 is 0 Å². The zero-order chi connectivity index (χ0) is 16.2. The summed E-state index contributed by atoms with van der Waals surface area (Å²) in [5, 5.41) is 6.48. The Balaban J connectivity index is 1.42. The fourth-order valence-electron chi connectivity index (χ4n) is 2.66. The van der Waals surface area contributed by atoms with Crippen LogP contribution >= 0.6 is 0 Å². The van der Waals surface area contributed by atoms with Crippen LogP contribution in [-0.4, -0.2) is 63.1 Å². The van der Waals surface area contributed by atoms with Crippen molar-refractivity contribution in [2.24, 2.45) is 7.05 Å². The first-order valence-corrected chi connectivity index (χ1v) is 7.74. The SMILES string of the molecule is Cc1cc(NC(=O)CN2CCN(Cc3nccn3C)CC2)on1. The second-order valence-electron chi connectivity index (χ2n) is 5.89. The second kappa shape index (κ2) is 6.93. The summed E-state index contributed by atoms with van der Waals surface area (Å²) < 4.78 is 7.03. The van der Waals surface area contributed by atoms with Gasteiger partial charge < -0.3 is 9.09 Å². The third-order valence-electron chi connectivity index (χ3n) is 4.01. The van der Waals surface area contributed by atoms with Gasteiger partial charge in [0.15, 0.2) is 0 Å². The molecule has 1 aliphatic heterocycles. The number of amides is 1. The zero-order valence-corrected chi connectivity index (χ0v) is 13.5. The number of hydrogen-bond donors (Lipinski definition) is 1. The van der Waals surface area contributed by atoms with E-state index in [1.54, 1.807) is 6.07 Å². The normalized spacial score (nSPS) is 16.6. The lowest BCUT2D eigenvalue weighted by molar-refractivity contribution is -0.117. The van der Waals surface area contributed by atoms with Crippen molar-refractivity contribution >= 4 is 11.8 Å². The molecule has 0 atom stereocenters. The molecule has 1 aliphatic rings. The van der Waals surface area contributed by atoms with Gasteiger partial charge in [-0.3, -0.25) is 19.9 Å². The summed E-state index contributed by atoms with van der Waals surface area (Å²) >= 11 is 0. The van der Waals surface area contributed by atoms with E-state index in [0.717, 1.165) is 44.2 Å². The third kappa shape index (κ3) is 4.17. The predicted octanol–water partition coefficient (Wildman–Crippen LogP) is 0.473. The highest BCUT2D eigenvalue weighted by atomic mass is 16.5. The number of aromatic nitrogens is 3. The van der Waals surface area contributed by atoms with Crippen molar-refractivity contribution in [1.29, 1.82) is 0 Å². The number of nitrogens with one attached hydrogen (secondary N) is 1. The minimum atomic E-state index is -0.0706. The lowest BCUT2D eigenvalue weighted by atomic mass is 10.3. The van der Waals surface area contributed by atoms with Crippen molar-refractivity contribution in [2.45, 2.75) is 13.5 Å². The van der Waals surface area contributed by atoms with Crippen LogP contribution in [0.3, 0.4) is 0 Å². The number of anilines is 1. The number of imidazole rings is 1. The molecule has 8 nitrogen and oxygen atoms in total. The van der Waals surface area contributed by atoms with E-state index < -0.39 is 0 Å². The number of rotatable bonds is 5. The molecular weight excluding hydrogens is 296 g/mol. The molecule has 0 spiro atoms. The van der Waals surface area contributed by atoms with Crippen molar-refractivity contribution in [3.63, 3.8) is 0 Å². The summed E-state index contributed by atoms with van der Waals surface area (Å²) in [6.07, 6.45) is 3.78. The molecule has 8 heteroatoms. The largest absolute Gasteiger partial charge is 0.338 e. The first-order chi connectivity index (χ1) is 11.1. The van der Waals surface area contributed by atoms with Gasteiger partial charge in [-0.2, -0.15) is 0 Å². The van der Waals surface area contributed by atoms with E-state index in [9.17, 15) is 4.79 Å². The maximum Gasteiger partial charge on any atom is 0.240 e. The van der Waals surface area contributed by atoms with Crippen LogP contribution in [0.1, 0.15) is 11.5 Å². The van der Waals surface area contributed by atoms with Crippen LogP contribution in [-0.2, 0) is 18.4 Å². The number of nitrogens with zero attached hydrogens (tertiary/aromatic N) is 5. The van der Waals surface area contributed by atoms with Gasteiger partial charge in [0.05, 0.1) is 18.8 Å². The van der Waals surface area contributed by atoms with Crippen molar-refractivity contribution in [3.8, 4) is 0 Å². The highest BCUT2D eigenvalue weighted by molar-refractivity contribution is 5.90. The summed E-state index contributed by atoms with van der Waals surface area (Å²) in [6.45, 7) is 6.64. The lowest BCUT2D eigenvalue weighted by Crippen LogP contribution is -2.48.